The molecule has 0 aliphatic heterocycles. The zero-order chi connectivity index (χ0) is 84.7. The minimum absolute atomic E-state index is 0.0144. The summed E-state index contributed by atoms with van der Waals surface area (Å²) in [6.07, 6.45) is 0. The van der Waals surface area contributed by atoms with Gasteiger partial charge in [0.05, 0.1) is 422 Å². The van der Waals surface area contributed by atoms with Crippen molar-refractivity contribution in [2.75, 3.05) is 428 Å². The van der Waals surface area contributed by atoms with Crippen LogP contribution in [0.4, 0.5) is 11.4 Å². The van der Waals surface area contributed by atoms with Crippen molar-refractivity contribution in [3.63, 3.8) is 0 Å². The van der Waals surface area contributed by atoms with Crippen LogP contribution in [0.2, 0.25) is 0 Å². The Labute approximate surface area is 705 Å². The summed E-state index contributed by atoms with van der Waals surface area (Å²) in [6.45, 7) is 31.9. The molecule has 0 aromatic heterocycles. The Kier molecular flexibility index (Phi) is 87.8. The summed E-state index contributed by atoms with van der Waals surface area (Å²) < 4.78 is 171. The van der Waals surface area contributed by atoms with E-state index in [1.54, 1.807) is 31.2 Å². The van der Waals surface area contributed by atoms with Crippen LogP contribution in [-0.2, 0) is 147 Å². The second-order valence-corrected chi connectivity index (χ2v) is 24.6. The van der Waals surface area contributed by atoms with Gasteiger partial charge in [-0.05, 0) is 49.7 Å². The molecule has 38 nitrogen and oxygen atoms in total. The van der Waals surface area contributed by atoms with Crippen LogP contribution < -0.4 is 10.1 Å². The van der Waals surface area contributed by atoms with E-state index in [2.05, 4.69) is 20.5 Å². The summed E-state index contributed by atoms with van der Waals surface area (Å²) in [5.74, 6) is 0.281. The minimum atomic E-state index is -0.958. The molecule has 0 spiro atoms. The fraction of sp³-hybridized carbons (Fsp3) is 0.827. The normalized spacial score (nSPS) is 12.2. The molecule has 3 N–H and O–H groups in total. The number of benzene rings is 2. The van der Waals surface area contributed by atoms with Gasteiger partial charge in [0, 0.05) is 11.4 Å². The Bertz CT molecular complexity index is 2430. The molecule has 694 valence electrons. The van der Waals surface area contributed by atoms with Gasteiger partial charge in [0.1, 0.15) is 12.4 Å². The lowest BCUT2D eigenvalue weighted by molar-refractivity contribution is -0.116. The first-order chi connectivity index (χ1) is 59.0. The van der Waals surface area contributed by atoms with Crippen LogP contribution in [0.5, 0.6) is 5.75 Å². The molecule has 119 heavy (non-hydrogen) atoms. The lowest BCUT2D eigenvalue weighted by atomic mass is 10.1. The number of azo groups is 1. The number of anilines is 1. The molecule has 1 unspecified atom stereocenters. The number of hydrogen-bond donors (Lipinski definition) is 3. The molecule has 38 heteroatoms. The Balaban J connectivity index is 1.14. The molecule has 0 radical (unpaired) electrons. The van der Waals surface area contributed by atoms with E-state index >= 15 is 0 Å². The van der Waals surface area contributed by atoms with Gasteiger partial charge in [0.25, 0.3) is 5.91 Å². The fourth-order valence-electron chi connectivity index (χ4n) is 9.06. The fourth-order valence-corrected chi connectivity index (χ4v) is 9.06. The number of hydrogen-bond acceptors (Lipinski definition) is 37. The molecule has 0 aliphatic rings. The van der Waals surface area contributed by atoms with E-state index in [0.717, 1.165) is 5.56 Å². The molecule has 0 bridgehead atoms. The van der Waals surface area contributed by atoms with Crippen molar-refractivity contribution < 1.29 is 162 Å². The minimum Gasteiger partial charge on any atom is -0.491 e. The summed E-state index contributed by atoms with van der Waals surface area (Å²) in [4.78, 5) is 17.8. The number of ether oxygens (including phenoxy) is 31. The first-order valence-electron chi connectivity index (χ1n) is 41.6. The third kappa shape index (κ3) is 81.8. The van der Waals surface area contributed by atoms with Gasteiger partial charge in [0.15, 0.2) is 6.04 Å². The average Bonchev–Trinajstić information content (AvgIpc) is 0.859. The second-order valence-electron chi connectivity index (χ2n) is 24.6. The number of aliphatic imine (C=N–C) groups is 1. The Morgan fingerprint density at radius 1 is 0.277 bits per heavy atom. The predicted molar refractivity (Wildman–Crippen MR) is 437 cm³/mol. The van der Waals surface area contributed by atoms with Gasteiger partial charge in [-0.1, -0.05) is 18.2 Å². The van der Waals surface area contributed by atoms with Gasteiger partial charge in [-0.25, -0.2) is 0 Å². The Hall–Kier alpha value is -4.30. The van der Waals surface area contributed by atoms with E-state index in [1.165, 1.54) is 0 Å². The Morgan fingerprint density at radius 2 is 0.479 bits per heavy atom. The number of nitrogens with one attached hydrogen (secondary N) is 1. The van der Waals surface area contributed by atoms with Gasteiger partial charge >= 0.3 is 0 Å². The van der Waals surface area contributed by atoms with E-state index < -0.39 is 6.04 Å². The summed E-state index contributed by atoms with van der Waals surface area (Å²) in [6, 6.07) is 13.6. The molecule has 0 fully saturated rings. The number of para-hydroxylation sites is 1. The molecule has 0 aliphatic carbocycles. The molecular weight excluding hydrogens is 1570 g/mol. The molecule has 2 aromatic rings. The zero-order valence-corrected chi connectivity index (χ0v) is 71.3. The number of aliphatic hydroxyl groups is 2. The quantitative estimate of drug-likeness (QED) is 0.0485. The zero-order valence-electron chi connectivity index (χ0n) is 71.3. The van der Waals surface area contributed by atoms with Crippen LogP contribution in [-0.4, -0.2) is 451 Å². The maximum Gasteiger partial charge on any atom is 0.256 e. The van der Waals surface area contributed by atoms with Crippen LogP contribution in [0.1, 0.15) is 12.5 Å². The van der Waals surface area contributed by atoms with Crippen molar-refractivity contribution >= 4 is 23.0 Å². The van der Waals surface area contributed by atoms with E-state index in [0.29, 0.717) is 426 Å². The van der Waals surface area contributed by atoms with Crippen molar-refractivity contribution in [2.24, 2.45) is 15.2 Å². The summed E-state index contributed by atoms with van der Waals surface area (Å²) in [5, 5.41) is 29.2. The third-order valence-corrected chi connectivity index (χ3v) is 15.2. The number of carbonyl (C=O) groups excluding carboxylic acids is 1. The first-order valence-corrected chi connectivity index (χ1v) is 41.6. The van der Waals surface area contributed by atoms with E-state index in [4.69, 9.17) is 157 Å². The highest BCUT2D eigenvalue weighted by atomic mass is 16.6. The van der Waals surface area contributed by atoms with Gasteiger partial charge in [-0.15, -0.1) is 0 Å². The molecule has 0 saturated carbocycles. The summed E-state index contributed by atoms with van der Waals surface area (Å²) in [5.41, 5.74) is 2.63. The van der Waals surface area contributed by atoms with Crippen molar-refractivity contribution in [2.45, 2.75) is 19.9 Å². The SMILES string of the molecule is CC(=NCCOCCO)C(N=Nc1ccc(OCCOCCOCCOCCOCCOCCOCCOCCOCCOCCOCCOCCOCCOCCOCCOCCOCCOCCOCCOCCOCCOCCOCCOCCOCCOCCOCCOCCOCCOCCO)cc1)C(=O)Nc1ccccc1C. The maximum atomic E-state index is 13.3. The lowest BCUT2D eigenvalue weighted by Crippen LogP contribution is -2.32. The lowest BCUT2D eigenvalue weighted by Gasteiger charge is -2.14. The largest absolute Gasteiger partial charge is 0.491 e. The van der Waals surface area contributed by atoms with Crippen LogP contribution in [0.15, 0.2) is 63.8 Å². The van der Waals surface area contributed by atoms with Crippen molar-refractivity contribution in [3.05, 3.63) is 54.1 Å². The third-order valence-electron chi connectivity index (χ3n) is 15.2. The molecule has 0 saturated heterocycles. The van der Waals surface area contributed by atoms with E-state index in [-0.39, 0.29) is 25.7 Å². The van der Waals surface area contributed by atoms with Crippen LogP contribution >= 0.6 is 0 Å². The standard InChI is InChI=1S/C81H146N4O34/c1-75-5-3-4-6-79(75)83-81(88)80(76(2)82-11-14-89-15-12-86)85-84-77-7-9-78(10-8-77)119-74-73-118-72-71-117-70-69-116-68-67-115-66-65-114-64-63-113-62-61-112-60-59-111-58-57-110-56-55-109-54-53-108-52-51-107-50-49-106-48-47-105-46-45-104-44-43-103-42-41-102-40-39-101-38-37-100-36-35-99-34-33-98-32-31-97-30-29-96-28-27-95-26-25-94-24-23-93-22-21-92-20-19-91-18-17-90-16-13-87/h3-10,80,86-87H,11-74H2,1-2H3,(H,83,88). The van der Waals surface area contributed by atoms with Gasteiger partial charge < -0.3 is 162 Å². The molecule has 2 rings (SSSR count). The van der Waals surface area contributed by atoms with Gasteiger partial charge in [0.2, 0.25) is 0 Å². The van der Waals surface area contributed by atoms with Crippen LogP contribution in [0, 0.1) is 6.92 Å². The highest BCUT2D eigenvalue weighted by Gasteiger charge is 2.22. The average molecular weight is 1720 g/mol. The molecular formula is C81H146N4O34. The van der Waals surface area contributed by atoms with Crippen molar-refractivity contribution in [1.82, 2.24) is 0 Å². The maximum absolute atomic E-state index is 13.3. The first kappa shape index (κ1) is 111. The smallest absolute Gasteiger partial charge is 0.256 e. The highest BCUT2D eigenvalue weighted by molar-refractivity contribution is 6.12. The van der Waals surface area contributed by atoms with Crippen LogP contribution in [0.25, 0.3) is 0 Å². The second kappa shape index (κ2) is 94.4. The number of aliphatic hydroxyl groups excluding tert-OH is 2. The van der Waals surface area contributed by atoms with Crippen molar-refractivity contribution in [1.29, 1.82) is 0 Å². The number of rotatable bonds is 100. The molecule has 0 heterocycles. The monoisotopic (exact) mass is 1720 g/mol. The molecule has 1 amide bonds. The van der Waals surface area contributed by atoms with E-state index in [1.807, 2.05) is 31.2 Å². The highest BCUT2D eigenvalue weighted by Crippen LogP contribution is 2.20. The predicted octanol–water partition coefficient (Wildman–Crippen LogP) is 3.41. The topological polar surface area (TPSA) is 393 Å². The number of amides is 1. The van der Waals surface area contributed by atoms with E-state index in [9.17, 15) is 4.79 Å². The number of carbonyl (C=O) groups is 1. The number of aryl methyl sites for hydroxylation is 1. The summed E-state index contributed by atoms with van der Waals surface area (Å²) in [7, 11) is 0. The van der Waals surface area contributed by atoms with Gasteiger partial charge in [-0.2, -0.15) is 10.2 Å². The van der Waals surface area contributed by atoms with Gasteiger partial charge in [-0.3, -0.25) is 9.79 Å². The van der Waals surface area contributed by atoms with Crippen molar-refractivity contribution in [3.8, 4) is 5.75 Å². The molecule has 2 aromatic carbocycles. The molecule has 1 atom stereocenters. The van der Waals surface area contributed by atoms with Crippen LogP contribution in [0.3, 0.4) is 0 Å². The summed E-state index contributed by atoms with van der Waals surface area (Å²) >= 11 is 0. The number of nitrogens with zero attached hydrogens (tertiary/aromatic N) is 3. The Morgan fingerprint density at radius 3 is 0.697 bits per heavy atom.